The van der Waals surface area contributed by atoms with E-state index in [0.29, 0.717) is 30.4 Å². The average molecular weight is 447 g/mol. The molecule has 4 aromatic rings. The van der Waals surface area contributed by atoms with Crippen molar-refractivity contribution in [2.45, 2.75) is 17.4 Å². The molecule has 1 aromatic heterocycles. The van der Waals surface area contributed by atoms with Crippen molar-refractivity contribution in [3.8, 4) is 11.5 Å². The van der Waals surface area contributed by atoms with E-state index in [4.69, 9.17) is 14.5 Å². The minimum Gasteiger partial charge on any atom is -0.490 e. The molecular weight excluding hydrogens is 424 g/mol. The third kappa shape index (κ3) is 4.17. The van der Waals surface area contributed by atoms with Gasteiger partial charge >= 0.3 is 0 Å². The summed E-state index contributed by atoms with van der Waals surface area (Å²) in [6.07, 6.45) is 0.749. The number of hydrogen-bond acceptors (Lipinski definition) is 5. The van der Waals surface area contributed by atoms with Gasteiger partial charge < -0.3 is 9.47 Å². The molecule has 1 aliphatic rings. The molecule has 6 nitrogen and oxygen atoms in total. The fraction of sp³-hybridized carbons (Fsp3) is 0.160. The van der Waals surface area contributed by atoms with E-state index in [9.17, 15) is 8.42 Å². The van der Waals surface area contributed by atoms with Crippen molar-refractivity contribution in [2.24, 2.45) is 0 Å². The molecule has 0 saturated carbocycles. The molecule has 0 saturated heterocycles. The Hall–Kier alpha value is -3.42. The summed E-state index contributed by atoms with van der Waals surface area (Å²) in [4.78, 5) is 4.86. The lowest BCUT2D eigenvalue weighted by Gasteiger charge is -2.20. The van der Waals surface area contributed by atoms with Gasteiger partial charge in [-0.3, -0.25) is 4.98 Å². The number of rotatable bonds is 5. The third-order valence-electron chi connectivity index (χ3n) is 5.35. The van der Waals surface area contributed by atoms with Crippen molar-refractivity contribution in [1.29, 1.82) is 0 Å². The normalized spacial score (nSPS) is 14.6. The summed E-state index contributed by atoms with van der Waals surface area (Å²) in [6, 6.07) is 25.0. The van der Waals surface area contributed by atoms with Gasteiger partial charge in [0.05, 0.1) is 35.4 Å². The molecule has 1 N–H and O–H groups in total. The molecule has 1 aliphatic heterocycles. The van der Waals surface area contributed by atoms with Crippen LogP contribution in [-0.2, 0) is 10.0 Å². The largest absolute Gasteiger partial charge is 0.490 e. The van der Waals surface area contributed by atoms with E-state index in [1.54, 1.807) is 6.07 Å². The van der Waals surface area contributed by atoms with E-state index in [0.717, 1.165) is 22.9 Å². The maximum atomic E-state index is 13.4. The predicted molar refractivity (Wildman–Crippen MR) is 122 cm³/mol. The van der Waals surface area contributed by atoms with Crippen molar-refractivity contribution < 1.29 is 17.9 Å². The van der Waals surface area contributed by atoms with Crippen LogP contribution in [0, 0.1) is 0 Å². The van der Waals surface area contributed by atoms with Crippen LogP contribution in [-0.4, -0.2) is 26.6 Å². The number of para-hydroxylation sites is 1. The molecule has 0 aliphatic carbocycles. The van der Waals surface area contributed by atoms with Gasteiger partial charge in [0.25, 0.3) is 0 Å². The van der Waals surface area contributed by atoms with Crippen molar-refractivity contribution >= 4 is 20.9 Å². The summed E-state index contributed by atoms with van der Waals surface area (Å²) in [5.74, 6) is 0.989. The zero-order valence-electron chi connectivity index (χ0n) is 17.3. The highest BCUT2D eigenvalue weighted by atomic mass is 32.2. The third-order valence-corrected chi connectivity index (χ3v) is 6.77. The maximum Gasteiger partial charge on any atom is 0.241 e. The van der Waals surface area contributed by atoms with Gasteiger partial charge in [-0.25, -0.2) is 8.42 Å². The lowest BCUT2D eigenvalue weighted by atomic mass is 10.0. The van der Waals surface area contributed by atoms with Gasteiger partial charge in [-0.1, -0.05) is 54.6 Å². The van der Waals surface area contributed by atoms with Crippen molar-refractivity contribution in [3.05, 3.63) is 96.2 Å². The molecule has 3 aromatic carbocycles. The summed E-state index contributed by atoms with van der Waals surface area (Å²) in [5, 5.41) is 0.994. The molecule has 0 fully saturated rings. The average Bonchev–Trinajstić information content (AvgIpc) is 3.08. The smallest absolute Gasteiger partial charge is 0.241 e. The van der Waals surface area contributed by atoms with Gasteiger partial charge in [0.2, 0.25) is 10.0 Å². The fourth-order valence-electron chi connectivity index (χ4n) is 3.72. The second-order valence-electron chi connectivity index (χ2n) is 7.55. The number of hydrogen-bond donors (Lipinski definition) is 1. The topological polar surface area (TPSA) is 77.5 Å². The highest BCUT2D eigenvalue weighted by molar-refractivity contribution is 7.89. The fourth-order valence-corrected chi connectivity index (χ4v) is 4.93. The summed E-state index contributed by atoms with van der Waals surface area (Å²) >= 11 is 0. The van der Waals surface area contributed by atoms with Crippen LogP contribution in [0.25, 0.3) is 10.9 Å². The van der Waals surface area contributed by atoms with Gasteiger partial charge in [0.1, 0.15) is 0 Å². The molecule has 7 heteroatoms. The van der Waals surface area contributed by atoms with Crippen LogP contribution >= 0.6 is 0 Å². The van der Waals surface area contributed by atoms with Crippen molar-refractivity contribution in [3.63, 3.8) is 0 Å². The number of fused-ring (bicyclic) bond motifs is 2. The highest BCUT2D eigenvalue weighted by Crippen LogP contribution is 2.33. The molecule has 0 radical (unpaired) electrons. The maximum absolute atomic E-state index is 13.4. The Morgan fingerprint density at radius 2 is 1.56 bits per heavy atom. The molecule has 0 bridgehead atoms. The monoisotopic (exact) mass is 446 g/mol. The summed E-state index contributed by atoms with van der Waals surface area (Å²) in [7, 11) is -3.88. The SMILES string of the molecule is O=S(=O)(N[C@@H](c1ccccc1)c1ccc2ccccc2n1)c1ccc2c(c1)OCCCO2. The first-order valence-electron chi connectivity index (χ1n) is 10.4. The molecule has 5 rings (SSSR count). The Kier molecular flexibility index (Phi) is 5.51. The van der Waals surface area contributed by atoms with Crippen LogP contribution < -0.4 is 14.2 Å². The van der Waals surface area contributed by atoms with E-state index in [1.165, 1.54) is 12.1 Å². The van der Waals surface area contributed by atoms with Gasteiger partial charge in [0.15, 0.2) is 11.5 Å². The molecular formula is C25H22N2O4S. The number of nitrogens with one attached hydrogen (secondary N) is 1. The Balaban J connectivity index is 1.54. The second-order valence-corrected chi connectivity index (χ2v) is 9.27. The quantitative estimate of drug-likeness (QED) is 0.490. The number of pyridine rings is 1. The van der Waals surface area contributed by atoms with Crippen LogP contribution in [0.1, 0.15) is 23.7 Å². The van der Waals surface area contributed by atoms with Crippen molar-refractivity contribution in [2.75, 3.05) is 13.2 Å². The summed E-state index contributed by atoms with van der Waals surface area (Å²) in [6.45, 7) is 1.03. The first-order chi connectivity index (χ1) is 15.6. The van der Waals surface area contributed by atoms with Gasteiger partial charge in [-0.2, -0.15) is 4.72 Å². The number of aromatic nitrogens is 1. The zero-order chi connectivity index (χ0) is 22.0. The van der Waals surface area contributed by atoms with E-state index >= 15 is 0 Å². The predicted octanol–water partition coefficient (Wildman–Crippen LogP) is 4.46. The van der Waals surface area contributed by atoms with Gasteiger partial charge in [-0.05, 0) is 29.8 Å². The lowest BCUT2D eigenvalue weighted by molar-refractivity contribution is 0.297. The molecule has 32 heavy (non-hydrogen) atoms. The molecule has 162 valence electrons. The number of nitrogens with zero attached hydrogens (tertiary/aromatic N) is 1. The number of benzene rings is 3. The Morgan fingerprint density at radius 3 is 2.41 bits per heavy atom. The molecule has 0 spiro atoms. The van der Waals surface area contributed by atoms with E-state index in [2.05, 4.69) is 4.72 Å². The number of sulfonamides is 1. The lowest BCUT2D eigenvalue weighted by Crippen LogP contribution is -2.30. The first kappa shape index (κ1) is 20.5. The van der Waals surface area contributed by atoms with Crippen LogP contribution in [0.5, 0.6) is 11.5 Å². The molecule has 0 amide bonds. The molecule has 0 unspecified atom stereocenters. The second kappa shape index (κ2) is 8.61. The van der Waals surface area contributed by atoms with E-state index in [1.807, 2.05) is 66.7 Å². The van der Waals surface area contributed by atoms with Crippen LogP contribution in [0.3, 0.4) is 0 Å². The Labute approximate surface area is 186 Å². The Bertz CT molecular complexity index is 1360. The van der Waals surface area contributed by atoms with Gasteiger partial charge in [0, 0.05) is 17.9 Å². The highest BCUT2D eigenvalue weighted by Gasteiger charge is 2.25. The first-order valence-corrected chi connectivity index (χ1v) is 11.9. The standard InChI is InChI=1S/C25H22N2O4S/c28-32(29,20-12-14-23-24(17-20)31-16-6-15-30-23)27-25(19-8-2-1-3-9-19)22-13-11-18-7-4-5-10-21(18)26-22/h1-5,7-14,17,25,27H,6,15-16H2/t25-/m0/s1. The minimum atomic E-state index is -3.88. The zero-order valence-corrected chi connectivity index (χ0v) is 18.1. The number of ether oxygens (including phenoxy) is 2. The van der Waals surface area contributed by atoms with Gasteiger partial charge in [-0.15, -0.1) is 0 Å². The summed E-state index contributed by atoms with van der Waals surface area (Å²) < 4.78 is 40.9. The van der Waals surface area contributed by atoms with Crippen molar-refractivity contribution in [1.82, 2.24) is 9.71 Å². The van der Waals surface area contributed by atoms with E-state index < -0.39 is 16.1 Å². The van der Waals surface area contributed by atoms with E-state index in [-0.39, 0.29) is 4.90 Å². The van der Waals surface area contributed by atoms with Crippen LogP contribution in [0.2, 0.25) is 0 Å². The Morgan fingerprint density at radius 1 is 0.812 bits per heavy atom. The van der Waals surface area contributed by atoms with Crippen LogP contribution in [0.15, 0.2) is 89.8 Å². The van der Waals surface area contributed by atoms with Crippen LogP contribution in [0.4, 0.5) is 0 Å². The minimum absolute atomic E-state index is 0.114. The molecule has 2 heterocycles. The summed E-state index contributed by atoms with van der Waals surface area (Å²) in [5.41, 5.74) is 2.22. The molecule has 1 atom stereocenters.